The first-order chi connectivity index (χ1) is 15.0. The average Bonchev–Trinajstić information content (AvgIpc) is 3.27. The lowest BCUT2D eigenvalue weighted by Crippen LogP contribution is -2.46. The molecule has 0 aromatic heterocycles. The molecule has 8 heteroatoms. The van der Waals surface area contributed by atoms with E-state index in [1.54, 1.807) is 72.9 Å². The van der Waals surface area contributed by atoms with Gasteiger partial charge in [0.15, 0.2) is 5.78 Å². The third kappa shape index (κ3) is 3.01. The SMILES string of the molecule is COc1ccc(C(=O)[C@@H]2[C@@H]3C(=O)N(c4ccc(Br)cc4)C(=O)[C@@H]3[C@@H]3C=CC=NN23)cc1. The fourth-order valence-electron chi connectivity index (χ4n) is 4.61. The third-order valence-electron chi connectivity index (χ3n) is 6.02. The van der Waals surface area contributed by atoms with E-state index in [2.05, 4.69) is 21.0 Å². The summed E-state index contributed by atoms with van der Waals surface area (Å²) in [5.74, 6) is -1.77. The highest BCUT2D eigenvalue weighted by molar-refractivity contribution is 9.10. The molecule has 2 amide bonds. The Balaban J connectivity index is 1.55. The Bertz CT molecular complexity index is 1130. The molecule has 156 valence electrons. The van der Waals surface area contributed by atoms with E-state index >= 15 is 0 Å². The number of amides is 2. The normalized spacial score (nSPS) is 26.3. The number of ether oxygens (including phenoxy) is 1. The van der Waals surface area contributed by atoms with Crippen molar-refractivity contribution in [2.75, 3.05) is 12.0 Å². The molecule has 0 unspecified atom stereocenters. The van der Waals surface area contributed by atoms with Crippen LogP contribution in [0.25, 0.3) is 0 Å². The highest BCUT2D eigenvalue weighted by Gasteiger charge is 2.64. The Morgan fingerprint density at radius 2 is 1.68 bits per heavy atom. The van der Waals surface area contributed by atoms with Crippen molar-refractivity contribution in [3.05, 3.63) is 70.7 Å². The van der Waals surface area contributed by atoms with Crippen LogP contribution in [0.3, 0.4) is 0 Å². The van der Waals surface area contributed by atoms with E-state index in [0.29, 0.717) is 17.0 Å². The largest absolute Gasteiger partial charge is 0.497 e. The molecule has 3 aliphatic rings. The van der Waals surface area contributed by atoms with E-state index in [0.717, 1.165) is 4.47 Å². The number of imide groups is 1. The predicted molar refractivity (Wildman–Crippen MR) is 118 cm³/mol. The average molecular weight is 480 g/mol. The molecule has 2 fully saturated rings. The molecule has 31 heavy (non-hydrogen) atoms. The van der Waals surface area contributed by atoms with Crippen molar-refractivity contribution < 1.29 is 19.1 Å². The summed E-state index contributed by atoms with van der Waals surface area (Å²) in [6.45, 7) is 0. The quantitative estimate of drug-likeness (QED) is 0.497. The van der Waals surface area contributed by atoms with Crippen molar-refractivity contribution in [2.24, 2.45) is 16.9 Å². The van der Waals surface area contributed by atoms with Crippen LogP contribution in [0.1, 0.15) is 10.4 Å². The number of carbonyl (C=O) groups is 3. The first kappa shape index (κ1) is 19.7. The molecular formula is C23H18BrN3O4. The van der Waals surface area contributed by atoms with Crippen molar-refractivity contribution in [1.29, 1.82) is 0 Å². The Hall–Kier alpha value is -3.26. The van der Waals surface area contributed by atoms with Gasteiger partial charge in [-0.3, -0.25) is 19.4 Å². The maximum atomic E-state index is 13.5. The molecule has 3 heterocycles. The summed E-state index contributed by atoms with van der Waals surface area (Å²) in [6, 6.07) is 12.4. The van der Waals surface area contributed by atoms with Crippen LogP contribution in [0.5, 0.6) is 5.75 Å². The summed E-state index contributed by atoms with van der Waals surface area (Å²) in [7, 11) is 1.55. The number of hydrogen-bond acceptors (Lipinski definition) is 6. The number of rotatable bonds is 4. The zero-order chi connectivity index (χ0) is 21.7. The number of anilines is 1. The highest BCUT2D eigenvalue weighted by Crippen LogP contribution is 2.46. The van der Waals surface area contributed by atoms with E-state index in [-0.39, 0.29) is 17.6 Å². The fourth-order valence-corrected chi connectivity index (χ4v) is 4.87. The molecule has 3 aliphatic heterocycles. The van der Waals surface area contributed by atoms with Gasteiger partial charge in [0.25, 0.3) is 0 Å². The lowest BCUT2D eigenvalue weighted by atomic mass is 9.86. The molecule has 4 atom stereocenters. The maximum absolute atomic E-state index is 13.5. The van der Waals surface area contributed by atoms with Gasteiger partial charge >= 0.3 is 0 Å². The smallest absolute Gasteiger partial charge is 0.240 e. The molecule has 5 rings (SSSR count). The molecule has 7 nitrogen and oxygen atoms in total. The Labute approximate surface area is 187 Å². The maximum Gasteiger partial charge on any atom is 0.240 e. The minimum absolute atomic E-state index is 0.244. The van der Waals surface area contributed by atoms with Crippen LogP contribution in [0, 0.1) is 11.8 Å². The van der Waals surface area contributed by atoms with Crippen molar-refractivity contribution in [3.63, 3.8) is 0 Å². The number of benzene rings is 2. The van der Waals surface area contributed by atoms with Gasteiger partial charge in [-0.25, -0.2) is 4.90 Å². The number of allylic oxidation sites excluding steroid dienone is 1. The van der Waals surface area contributed by atoms with Gasteiger partial charge in [-0.05, 0) is 54.6 Å². The standard InChI is InChI=1S/C23H18BrN3O4/c1-31-16-10-4-13(5-11-16)21(28)20-19-18(17-3-2-12-25-27(17)20)22(29)26(23(19)30)15-8-6-14(24)7-9-15/h2-12,17-20H,1H3/t17-,18+,19+,20-/m0/s1. The van der Waals surface area contributed by atoms with Crippen molar-refractivity contribution in [2.45, 2.75) is 12.1 Å². The number of hydrazone groups is 1. The Morgan fingerprint density at radius 3 is 2.35 bits per heavy atom. The van der Waals surface area contributed by atoms with Gasteiger partial charge in [-0.15, -0.1) is 0 Å². The fraction of sp³-hybridized carbons (Fsp3) is 0.217. The summed E-state index contributed by atoms with van der Waals surface area (Å²) < 4.78 is 6.02. The second kappa shape index (κ2) is 7.46. The van der Waals surface area contributed by atoms with Gasteiger partial charge in [-0.1, -0.05) is 22.0 Å². The molecule has 0 N–H and O–H groups in total. The van der Waals surface area contributed by atoms with Crippen LogP contribution < -0.4 is 9.64 Å². The van der Waals surface area contributed by atoms with Crippen molar-refractivity contribution in [3.8, 4) is 5.75 Å². The lowest BCUT2D eigenvalue weighted by molar-refractivity contribution is -0.123. The van der Waals surface area contributed by atoms with Crippen LogP contribution in [0.4, 0.5) is 5.69 Å². The molecule has 0 radical (unpaired) electrons. The number of halogens is 1. The van der Waals surface area contributed by atoms with Gasteiger partial charge in [0, 0.05) is 16.3 Å². The number of Topliss-reactive ketones (excluding diaryl/α,β-unsaturated/α-hetero) is 1. The number of ketones is 1. The number of carbonyl (C=O) groups excluding carboxylic acids is 3. The third-order valence-corrected chi connectivity index (χ3v) is 6.55. The van der Waals surface area contributed by atoms with Crippen LogP contribution >= 0.6 is 15.9 Å². The lowest BCUT2D eigenvalue weighted by Gasteiger charge is -2.30. The number of methoxy groups -OCH3 is 1. The zero-order valence-electron chi connectivity index (χ0n) is 16.5. The second-order valence-corrected chi connectivity index (χ2v) is 8.51. The highest BCUT2D eigenvalue weighted by atomic mass is 79.9. The van der Waals surface area contributed by atoms with E-state index < -0.39 is 23.9 Å². The molecule has 2 aromatic rings. The molecule has 0 bridgehead atoms. The van der Waals surface area contributed by atoms with Crippen LogP contribution in [0.2, 0.25) is 0 Å². The van der Waals surface area contributed by atoms with Gasteiger partial charge in [0.05, 0.1) is 30.7 Å². The summed E-state index contributed by atoms with van der Waals surface area (Å²) in [5.41, 5.74) is 0.940. The number of nitrogens with zero attached hydrogens (tertiary/aromatic N) is 3. The van der Waals surface area contributed by atoms with Crippen LogP contribution in [0.15, 0.2) is 70.3 Å². The van der Waals surface area contributed by atoms with E-state index in [1.165, 1.54) is 4.90 Å². The summed E-state index contributed by atoms with van der Waals surface area (Å²) in [6.07, 6.45) is 5.16. The topological polar surface area (TPSA) is 79.3 Å². The predicted octanol–water partition coefficient (Wildman–Crippen LogP) is 3.05. The molecule has 2 aromatic carbocycles. The second-order valence-electron chi connectivity index (χ2n) is 7.60. The molecular weight excluding hydrogens is 462 g/mol. The van der Waals surface area contributed by atoms with E-state index in [1.807, 2.05) is 6.08 Å². The minimum Gasteiger partial charge on any atom is -0.497 e. The minimum atomic E-state index is -0.860. The first-order valence-corrected chi connectivity index (χ1v) is 10.6. The molecule has 0 saturated carbocycles. The Kier molecular flexibility index (Phi) is 4.74. The van der Waals surface area contributed by atoms with E-state index in [4.69, 9.17) is 4.74 Å². The van der Waals surface area contributed by atoms with Gasteiger partial charge in [0.1, 0.15) is 11.8 Å². The van der Waals surface area contributed by atoms with E-state index in [9.17, 15) is 14.4 Å². The zero-order valence-corrected chi connectivity index (χ0v) is 18.1. The first-order valence-electron chi connectivity index (χ1n) is 9.82. The van der Waals surface area contributed by atoms with Crippen molar-refractivity contribution in [1.82, 2.24) is 5.01 Å². The molecule has 0 spiro atoms. The number of hydrogen-bond donors (Lipinski definition) is 0. The molecule has 2 saturated heterocycles. The number of fused-ring (bicyclic) bond motifs is 3. The van der Waals surface area contributed by atoms with Gasteiger partial charge in [-0.2, -0.15) is 5.10 Å². The summed E-state index contributed by atoms with van der Waals surface area (Å²) in [5, 5.41) is 5.97. The monoisotopic (exact) mass is 479 g/mol. The van der Waals surface area contributed by atoms with Crippen molar-refractivity contribution >= 4 is 45.4 Å². The van der Waals surface area contributed by atoms with Gasteiger partial charge < -0.3 is 4.74 Å². The Morgan fingerprint density at radius 1 is 1.00 bits per heavy atom. The van der Waals surface area contributed by atoms with Crippen LogP contribution in [-0.4, -0.2) is 48.0 Å². The van der Waals surface area contributed by atoms with Crippen LogP contribution in [-0.2, 0) is 9.59 Å². The summed E-state index contributed by atoms with van der Waals surface area (Å²) >= 11 is 3.37. The summed E-state index contributed by atoms with van der Waals surface area (Å²) in [4.78, 5) is 41.6. The molecule has 0 aliphatic carbocycles. The van der Waals surface area contributed by atoms with Gasteiger partial charge in [0.2, 0.25) is 11.8 Å².